The zero-order valence-electron chi connectivity index (χ0n) is 12.1. The molecule has 5 nitrogen and oxygen atoms in total. The van der Waals surface area contributed by atoms with Crippen LogP contribution in [0.15, 0.2) is 33.4 Å². The topological polar surface area (TPSA) is 67.4 Å². The summed E-state index contributed by atoms with van der Waals surface area (Å²) in [5, 5.41) is 1.69. The number of nitrogens with one attached hydrogen (secondary N) is 2. The Labute approximate surface area is 140 Å². The first kappa shape index (κ1) is 16.5. The molecule has 1 aromatic carbocycles. The van der Waals surface area contributed by atoms with Crippen molar-refractivity contribution >= 4 is 39.1 Å². The summed E-state index contributed by atoms with van der Waals surface area (Å²) in [6, 6.07) is 7.40. The minimum absolute atomic E-state index is 0.170. The Morgan fingerprint density at radius 3 is 2.41 bits per heavy atom. The van der Waals surface area contributed by atoms with Crippen LogP contribution in [-0.2, 0) is 4.79 Å². The lowest BCUT2D eigenvalue weighted by atomic mass is 10.1. The summed E-state index contributed by atoms with van der Waals surface area (Å²) in [7, 11) is 0. The molecule has 0 aliphatic rings. The molecule has 116 valence electrons. The molecular formula is C15H15BrN2O3S. The number of thiophene rings is 1. The molecule has 0 radical (unpaired) electrons. The average molecular weight is 383 g/mol. The number of amides is 2. The van der Waals surface area contributed by atoms with Crippen LogP contribution in [0.2, 0.25) is 0 Å². The van der Waals surface area contributed by atoms with Gasteiger partial charge in [0.05, 0.1) is 9.35 Å². The number of hydrazine groups is 1. The Morgan fingerprint density at radius 2 is 1.82 bits per heavy atom. The van der Waals surface area contributed by atoms with Crippen LogP contribution in [0.4, 0.5) is 0 Å². The summed E-state index contributed by atoms with van der Waals surface area (Å²) in [5.74, 6) is -0.177. The second kappa shape index (κ2) is 7.42. The van der Waals surface area contributed by atoms with Crippen molar-refractivity contribution in [1.29, 1.82) is 0 Å². The Kier molecular flexibility index (Phi) is 5.57. The zero-order chi connectivity index (χ0) is 16.1. The average Bonchev–Trinajstić information content (AvgIpc) is 2.88. The van der Waals surface area contributed by atoms with Crippen molar-refractivity contribution in [2.75, 3.05) is 6.61 Å². The van der Waals surface area contributed by atoms with E-state index >= 15 is 0 Å². The minimum atomic E-state index is -0.429. The third-order valence-corrected chi connectivity index (χ3v) is 4.21. The molecule has 0 bridgehead atoms. The number of ether oxygens (including phenoxy) is 1. The fraction of sp³-hybridized carbons (Fsp3) is 0.200. The highest BCUT2D eigenvalue weighted by Crippen LogP contribution is 2.20. The van der Waals surface area contributed by atoms with Gasteiger partial charge in [0.15, 0.2) is 6.61 Å². The van der Waals surface area contributed by atoms with Crippen LogP contribution in [-0.4, -0.2) is 18.4 Å². The fourth-order valence-corrected chi connectivity index (χ4v) is 2.97. The van der Waals surface area contributed by atoms with Gasteiger partial charge < -0.3 is 4.74 Å². The van der Waals surface area contributed by atoms with Gasteiger partial charge in [0, 0.05) is 5.38 Å². The van der Waals surface area contributed by atoms with Crippen LogP contribution < -0.4 is 15.6 Å². The van der Waals surface area contributed by atoms with E-state index in [0.29, 0.717) is 11.3 Å². The van der Waals surface area contributed by atoms with E-state index in [4.69, 9.17) is 4.74 Å². The predicted octanol–water partition coefficient (Wildman–Crippen LogP) is 2.97. The van der Waals surface area contributed by atoms with Gasteiger partial charge in [-0.15, -0.1) is 11.3 Å². The van der Waals surface area contributed by atoms with Crippen LogP contribution in [0, 0.1) is 13.8 Å². The van der Waals surface area contributed by atoms with Crippen molar-refractivity contribution in [2.24, 2.45) is 0 Å². The van der Waals surface area contributed by atoms with Crippen LogP contribution in [0.1, 0.15) is 21.5 Å². The third-order valence-electron chi connectivity index (χ3n) is 2.71. The number of aryl methyl sites for hydroxylation is 2. The Morgan fingerprint density at radius 1 is 1.14 bits per heavy atom. The van der Waals surface area contributed by atoms with E-state index in [1.807, 2.05) is 32.0 Å². The number of halogens is 1. The van der Waals surface area contributed by atoms with Crippen LogP contribution in [0.25, 0.3) is 0 Å². The molecule has 0 unspecified atom stereocenters. The van der Waals surface area contributed by atoms with E-state index < -0.39 is 5.91 Å². The normalized spacial score (nSPS) is 10.1. The van der Waals surface area contributed by atoms with Gasteiger partial charge >= 0.3 is 0 Å². The molecule has 7 heteroatoms. The summed E-state index contributed by atoms with van der Waals surface area (Å²) < 4.78 is 6.25. The van der Waals surface area contributed by atoms with Crippen LogP contribution >= 0.6 is 27.3 Å². The first-order chi connectivity index (χ1) is 10.4. The quantitative estimate of drug-likeness (QED) is 0.798. The maximum absolute atomic E-state index is 11.7. The molecule has 0 fully saturated rings. The number of hydrogen-bond acceptors (Lipinski definition) is 4. The van der Waals surface area contributed by atoms with Gasteiger partial charge in [-0.1, -0.05) is 6.07 Å². The lowest BCUT2D eigenvalue weighted by Gasteiger charge is -2.09. The second-order valence-electron chi connectivity index (χ2n) is 4.75. The Balaban J connectivity index is 1.79. The molecule has 0 aliphatic heterocycles. The summed E-state index contributed by atoms with van der Waals surface area (Å²) in [6.45, 7) is 3.74. The van der Waals surface area contributed by atoms with Crippen molar-refractivity contribution in [1.82, 2.24) is 10.9 Å². The molecule has 2 rings (SSSR count). The van der Waals surface area contributed by atoms with Crippen molar-refractivity contribution < 1.29 is 14.3 Å². The van der Waals surface area contributed by atoms with Gasteiger partial charge in [-0.25, -0.2) is 0 Å². The lowest BCUT2D eigenvalue weighted by Crippen LogP contribution is -2.43. The van der Waals surface area contributed by atoms with Gasteiger partial charge in [0.2, 0.25) is 0 Å². The first-order valence-corrected chi connectivity index (χ1v) is 8.15. The SMILES string of the molecule is Cc1cc(C)cc(OCC(=O)NNC(=O)c2csc(Br)c2)c1. The van der Waals surface area contributed by atoms with Gasteiger partial charge in [-0.2, -0.15) is 0 Å². The Hall–Kier alpha value is -1.86. The Bertz CT molecular complexity index is 680. The van der Waals surface area contributed by atoms with E-state index in [2.05, 4.69) is 26.8 Å². The smallest absolute Gasteiger partial charge is 0.276 e. The maximum atomic E-state index is 11.7. The number of hydrogen-bond donors (Lipinski definition) is 2. The standard InChI is InChI=1S/C15H15BrN2O3S/c1-9-3-10(2)5-12(4-9)21-7-14(19)17-18-15(20)11-6-13(16)22-8-11/h3-6,8H,7H2,1-2H3,(H,17,19)(H,18,20). The molecule has 0 aliphatic carbocycles. The highest BCUT2D eigenvalue weighted by atomic mass is 79.9. The van der Waals surface area contributed by atoms with Crippen molar-refractivity contribution in [2.45, 2.75) is 13.8 Å². The summed E-state index contributed by atoms with van der Waals surface area (Å²) in [4.78, 5) is 23.4. The highest BCUT2D eigenvalue weighted by Gasteiger charge is 2.09. The van der Waals surface area contributed by atoms with Gasteiger partial charge in [0.1, 0.15) is 5.75 Å². The van der Waals surface area contributed by atoms with Crippen LogP contribution in [0.3, 0.4) is 0 Å². The predicted molar refractivity (Wildman–Crippen MR) is 89.0 cm³/mol. The summed E-state index contributed by atoms with van der Waals surface area (Å²) in [5.41, 5.74) is 7.26. The van der Waals surface area contributed by atoms with Gasteiger partial charge in [-0.3, -0.25) is 20.4 Å². The number of carbonyl (C=O) groups excluding carboxylic acids is 2. The minimum Gasteiger partial charge on any atom is -0.484 e. The molecule has 22 heavy (non-hydrogen) atoms. The van der Waals surface area contributed by atoms with E-state index in [1.54, 1.807) is 11.4 Å². The van der Waals surface area contributed by atoms with Crippen molar-refractivity contribution in [3.05, 3.63) is 50.1 Å². The second-order valence-corrected chi connectivity index (χ2v) is 7.04. The number of benzene rings is 1. The molecule has 0 atom stereocenters. The lowest BCUT2D eigenvalue weighted by molar-refractivity contribution is -0.123. The third kappa shape index (κ3) is 4.85. The van der Waals surface area contributed by atoms with Crippen molar-refractivity contribution in [3.63, 3.8) is 0 Å². The molecule has 1 heterocycles. The first-order valence-electron chi connectivity index (χ1n) is 6.48. The van der Waals surface area contributed by atoms with E-state index in [-0.39, 0.29) is 12.5 Å². The van der Waals surface area contributed by atoms with E-state index in [9.17, 15) is 9.59 Å². The summed E-state index contributed by atoms with van der Waals surface area (Å²) >= 11 is 4.67. The molecule has 0 spiro atoms. The monoisotopic (exact) mass is 382 g/mol. The van der Waals surface area contributed by atoms with Gasteiger partial charge in [-0.05, 0) is 59.1 Å². The molecule has 1 aromatic heterocycles. The van der Waals surface area contributed by atoms with E-state index in [1.165, 1.54) is 11.3 Å². The van der Waals surface area contributed by atoms with Gasteiger partial charge in [0.25, 0.3) is 11.8 Å². The summed E-state index contributed by atoms with van der Waals surface area (Å²) in [6.07, 6.45) is 0. The molecule has 2 aromatic rings. The molecule has 0 saturated heterocycles. The molecule has 2 N–H and O–H groups in total. The molecule has 2 amide bonds. The largest absolute Gasteiger partial charge is 0.484 e. The fourth-order valence-electron chi connectivity index (χ4n) is 1.83. The van der Waals surface area contributed by atoms with E-state index in [0.717, 1.165) is 14.9 Å². The molecular weight excluding hydrogens is 368 g/mol. The maximum Gasteiger partial charge on any atom is 0.276 e. The molecule has 0 saturated carbocycles. The van der Waals surface area contributed by atoms with Crippen LogP contribution in [0.5, 0.6) is 5.75 Å². The number of carbonyl (C=O) groups is 2. The number of rotatable bonds is 4. The zero-order valence-corrected chi connectivity index (χ0v) is 14.5. The van der Waals surface area contributed by atoms with Crippen molar-refractivity contribution in [3.8, 4) is 5.75 Å². The highest BCUT2D eigenvalue weighted by molar-refractivity contribution is 9.11.